The predicted molar refractivity (Wildman–Crippen MR) is 59.7 cm³/mol. The van der Waals surface area contributed by atoms with Crippen LogP contribution in [0.15, 0.2) is 0 Å². The van der Waals surface area contributed by atoms with Crippen LogP contribution in [-0.2, 0) is 18.9 Å². The summed E-state index contributed by atoms with van der Waals surface area (Å²) in [6.07, 6.45) is -0.0710. The van der Waals surface area contributed by atoms with E-state index < -0.39 is 17.7 Å². The molecule has 0 aliphatic heterocycles. The van der Waals surface area contributed by atoms with Crippen LogP contribution >= 0.6 is 0 Å². The first-order valence-electron chi connectivity index (χ1n) is 5.45. The minimum Gasteiger partial charge on any atom is -0.438 e. The van der Waals surface area contributed by atoms with Crippen LogP contribution in [0.5, 0.6) is 0 Å². The zero-order valence-corrected chi connectivity index (χ0v) is 10.8. The third-order valence-electron chi connectivity index (χ3n) is 2.83. The van der Waals surface area contributed by atoms with Gasteiger partial charge in [0.05, 0.1) is 14.2 Å². The molecule has 0 aliphatic rings. The van der Waals surface area contributed by atoms with E-state index in [0.29, 0.717) is 12.8 Å². The van der Waals surface area contributed by atoms with Crippen molar-refractivity contribution in [2.24, 2.45) is 5.41 Å². The molecule has 0 aromatic rings. The minimum absolute atomic E-state index is 0.143. The van der Waals surface area contributed by atoms with Crippen molar-refractivity contribution in [1.29, 1.82) is 0 Å². The lowest BCUT2D eigenvalue weighted by Gasteiger charge is -2.29. The van der Waals surface area contributed by atoms with Crippen LogP contribution in [-0.4, -0.2) is 39.7 Å². The summed E-state index contributed by atoms with van der Waals surface area (Å²) in [5.41, 5.74) is -0.400. The van der Waals surface area contributed by atoms with Gasteiger partial charge in [0.2, 0.25) is 0 Å². The Hall–Kier alpha value is -1.46. The highest BCUT2D eigenvalue weighted by Crippen LogP contribution is 2.27. The fourth-order valence-electron chi connectivity index (χ4n) is 1.24. The second-order valence-electron chi connectivity index (χ2n) is 3.69. The maximum absolute atomic E-state index is 10.9. The van der Waals surface area contributed by atoms with E-state index in [0.717, 1.165) is 0 Å². The van der Waals surface area contributed by atoms with E-state index in [1.54, 1.807) is 0 Å². The summed E-state index contributed by atoms with van der Waals surface area (Å²) in [5.74, 6) is 0. The van der Waals surface area contributed by atoms with E-state index in [9.17, 15) is 9.59 Å². The van der Waals surface area contributed by atoms with Gasteiger partial charge >= 0.3 is 12.3 Å². The van der Waals surface area contributed by atoms with Crippen LogP contribution in [0, 0.1) is 5.41 Å². The summed E-state index contributed by atoms with van der Waals surface area (Å²) in [6, 6.07) is 0. The van der Waals surface area contributed by atoms with Crippen molar-refractivity contribution in [3.8, 4) is 0 Å². The zero-order chi connectivity index (χ0) is 13.3. The van der Waals surface area contributed by atoms with E-state index in [4.69, 9.17) is 9.47 Å². The van der Waals surface area contributed by atoms with Crippen molar-refractivity contribution in [2.75, 3.05) is 27.4 Å². The molecule has 17 heavy (non-hydrogen) atoms. The first-order chi connectivity index (χ1) is 8.03. The molecule has 0 saturated carbocycles. The number of rotatable bonds is 6. The van der Waals surface area contributed by atoms with Crippen LogP contribution in [0.2, 0.25) is 0 Å². The molecule has 0 radical (unpaired) electrons. The second-order valence-corrected chi connectivity index (χ2v) is 3.69. The topological polar surface area (TPSA) is 71.1 Å². The lowest BCUT2D eigenvalue weighted by molar-refractivity contribution is -0.0153. The zero-order valence-electron chi connectivity index (χ0n) is 10.8. The Labute approximate surface area is 101 Å². The highest BCUT2D eigenvalue weighted by molar-refractivity contribution is 5.60. The van der Waals surface area contributed by atoms with E-state index in [2.05, 4.69) is 9.47 Å². The molecule has 0 unspecified atom stereocenters. The third kappa shape index (κ3) is 5.42. The maximum atomic E-state index is 10.9. The fourth-order valence-corrected chi connectivity index (χ4v) is 1.24. The van der Waals surface area contributed by atoms with Gasteiger partial charge < -0.3 is 18.9 Å². The van der Waals surface area contributed by atoms with Crippen molar-refractivity contribution in [3.63, 3.8) is 0 Å². The van der Waals surface area contributed by atoms with Gasteiger partial charge in [0.15, 0.2) is 0 Å². The van der Waals surface area contributed by atoms with Crippen LogP contribution in [0.25, 0.3) is 0 Å². The lowest BCUT2D eigenvalue weighted by Crippen LogP contribution is -2.33. The van der Waals surface area contributed by atoms with Crippen LogP contribution in [0.1, 0.15) is 26.7 Å². The van der Waals surface area contributed by atoms with Gasteiger partial charge in [-0.2, -0.15) is 0 Å². The number of hydrogen-bond donors (Lipinski definition) is 0. The molecule has 6 nitrogen and oxygen atoms in total. The monoisotopic (exact) mass is 248 g/mol. The molecule has 6 heteroatoms. The molecule has 0 spiro atoms. The Balaban J connectivity index is 4.34. The molecule has 0 aromatic heterocycles. The summed E-state index contributed by atoms with van der Waals surface area (Å²) >= 11 is 0. The molecule has 0 bridgehead atoms. The molecule has 0 N–H and O–H groups in total. The highest BCUT2D eigenvalue weighted by atomic mass is 16.7. The number of carbonyl (C=O) groups is 2. The molecule has 0 aromatic carbocycles. The molecule has 100 valence electrons. The SMILES string of the molecule is CCC(CC)(COC(=O)OC)COC(=O)OC. The average Bonchev–Trinajstić information content (AvgIpc) is 2.38. The number of methoxy groups -OCH3 is 2. The summed E-state index contributed by atoms with van der Waals surface area (Å²) in [5, 5.41) is 0. The smallest absolute Gasteiger partial charge is 0.438 e. The fraction of sp³-hybridized carbons (Fsp3) is 0.818. The van der Waals surface area contributed by atoms with Gasteiger partial charge in [0.25, 0.3) is 0 Å². The molecule has 0 atom stereocenters. The van der Waals surface area contributed by atoms with E-state index in [1.165, 1.54) is 14.2 Å². The van der Waals surface area contributed by atoms with Gasteiger partial charge in [-0.15, -0.1) is 0 Å². The van der Waals surface area contributed by atoms with Crippen molar-refractivity contribution in [2.45, 2.75) is 26.7 Å². The summed E-state index contributed by atoms with van der Waals surface area (Å²) in [7, 11) is 2.49. The Kier molecular flexibility index (Phi) is 7.09. The van der Waals surface area contributed by atoms with Gasteiger partial charge in [0.1, 0.15) is 13.2 Å². The molecule has 0 amide bonds. The van der Waals surface area contributed by atoms with Crippen LogP contribution in [0.4, 0.5) is 9.59 Å². The maximum Gasteiger partial charge on any atom is 0.507 e. The molecular weight excluding hydrogens is 228 g/mol. The normalized spacial score (nSPS) is 10.6. The second kappa shape index (κ2) is 7.76. The summed E-state index contributed by atoms with van der Waals surface area (Å²) in [4.78, 5) is 21.8. The van der Waals surface area contributed by atoms with Crippen LogP contribution < -0.4 is 0 Å². The summed E-state index contributed by atoms with van der Waals surface area (Å²) in [6.45, 7) is 4.16. The predicted octanol–water partition coefficient (Wildman–Crippen LogP) is 2.36. The number of ether oxygens (including phenoxy) is 4. The van der Waals surface area contributed by atoms with Gasteiger partial charge in [-0.1, -0.05) is 13.8 Å². The average molecular weight is 248 g/mol. The standard InChI is InChI=1S/C11H20O6/c1-5-11(6-2,7-16-9(12)14-3)8-17-10(13)15-4/h5-8H2,1-4H3. The summed E-state index contributed by atoms with van der Waals surface area (Å²) < 4.78 is 18.6. The van der Waals surface area contributed by atoms with Gasteiger partial charge in [0, 0.05) is 5.41 Å². The number of hydrogen-bond acceptors (Lipinski definition) is 6. The molecular formula is C11H20O6. The van der Waals surface area contributed by atoms with Crippen LogP contribution in [0.3, 0.4) is 0 Å². The van der Waals surface area contributed by atoms with Gasteiger partial charge in [-0.05, 0) is 12.8 Å². The highest BCUT2D eigenvalue weighted by Gasteiger charge is 2.30. The largest absolute Gasteiger partial charge is 0.507 e. The Morgan fingerprint density at radius 2 is 1.24 bits per heavy atom. The first kappa shape index (κ1) is 15.5. The lowest BCUT2D eigenvalue weighted by atomic mass is 9.84. The van der Waals surface area contributed by atoms with E-state index >= 15 is 0 Å². The first-order valence-corrected chi connectivity index (χ1v) is 5.45. The molecule has 0 rings (SSSR count). The molecule has 0 fully saturated rings. The quantitative estimate of drug-likeness (QED) is 0.672. The van der Waals surface area contributed by atoms with Gasteiger partial charge in [-0.25, -0.2) is 9.59 Å². The number of carbonyl (C=O) groups excluding carboxylic acids is 2. The molecule has 0 heterocycles. The van der Waals surface area contributed by atoms with Crippen molar-refractivity contribution >= 4 is 12.3 Å². The Morgan fingerprint density at radius 3 is 1.47 bits per heavy atom. The molecule has 0 saturated heterocycles. The third-order valence-corrected chi connectivity index (χ3v) is 2.83. The van der Waals surface area contributed by atoms with Crippen molar-refractivity contribution in [3.05, 3.63) is 0 Å². The van der Waals surface area contributed by atoms with Crippen molar-refractivity contribution in [1.82, 2.24) is 0 Å². The molecule has 0 aliphatic carbocycles. The van der Waals surface area contributed by atoms with Crippen molar-refractivity contribution < 1.29 is 28.5 Å². The van der Waals surface area contributed by atoms with E-state index in [-0.39, 0.29) is 13.2 Å². The Bertz CT molecular complexity index is 224. The minimum atomic E-state index is -0.741. The Morgan fingerprint density at radius 1 is 0.882 bits per heavy atom. The van der Waals surface area contributed by atoms with E-state index in [1.807, 2.05) is 13.8 Å². The van der Waals surface area contributed by atoms with Gasteiger partial charge in [-0.3, -0.25) is 0 Å².